The van der Waals surface area contributed by atoms with E-state index in [0.717, 1.165) is 16.6 Å². The lowest BCUT2D eigenvalue weighted by atomic mass is 10.1. The Balaban J connectivity index is 1.77. The summed E-state index contributed by atoms with van der Waals surface area (Å²) >= 11 is 7.27. The van der Waals surface area contributed by atoms with E-state index in [2.05, 4.69) is 10.3 Å². The first-order valence-electron chi connectivity index (χ1n) is 6.80. The third kappa shape index (κ3) is 3.42. The standard InChI is InChI=1S/C16H10ClN3O3S/c17-13-6-3-11(9-14(13)20(22)23)15(21)19-12-4-1-10(2-5-12)16-18-7-8-24-16/h1-9H,(H,19,21). The number of carbonyl (C=O) groups excluding carboxylic acids is 1. The van der Waals surface area contributed by atoms with Gasteiger partial charge in [-0.1, -0.05) is 11.6 Å². The second-order valence-corrected chi connectivity index (χ2v) is 6.09. The van der Waals surface area contributed by atoms with Crippen molar-refractivity contribution < 1.29 is 9.72 Å². The number of hydrogen-bond acceptors (Lipinski definition) is 5. The quantitative estimate of drug-likeness (QED) is 0.543. The van der Waals surface area contributed by atoms with E-state index in [-0.39, 0.29) is 16.3 Å². The fourth-order valence-electron chi connectivity index (χ4n) is 2.06. The van der Waals surface area contributed by atoms with Gasteiger partial charge in [-0.15, -0.1) is 11.3 Å². The maximum Gasteiger partial charge on any atom is 0.288 e. The molecule has 0 saturated heterocycles. The number of thiazole rings is 1. The van der Waals surface area contributed by atoms with Crippen molar-refractivity contribution >= 4 is 40.2 Å². The van der Waals surface area contributed by atoms with Gasteiger partial charge in [-0.3, -0.25) is 14.9 Å². The van der Waals surface area contributed by atoms with Crippen LogP contribution in [0.5, 0.6) is 0 Å². The highest BCUT2D eigenvalue weighted by molar-refractivity contribution is 7.13. The average Bonchev–Trinajstić information content (AvgIpc) is 3.10. The van der Waals surface area contributed by atoms with Crippen molar-refractivity contribution in [3.05, 3.63) is 74.7 Å². The molecule has 3 rings (SSSR count). The number of nitro groups is 1. The van der Waals surface area contributed by atoms with E-state index >= 15 is 0 Å². The monoisotopic (exact) mass is 359 g/mol. The number of amides is 1. The molecular weight excluding hydrogens is 350 g/mol. The number of nitrogens with zero attached hydrogens (tertiary/aromatic N) is 2. The Labute approximate surface area is 145 Å². The Morgan fingerprint density at radius 2 is 1.96 bits per heavy atom. The predicted octanol–water partition coefficient (Wildman–Crippen LogP) is 4.62. The molecule has 0 radical (unpaired) electrons. The first-order chi connectivity index (χ1) is 11.5. The zero-order chi connectivity index (χ0) is 17.1. The van der Waals surface area contributed by atoms with Crippen LogP contribution in [0.3, 0.4) is 0 Å². The van der Waals surface area contributed by atoms with E-state index in [9.17, 15) is 14.9 Å². The summed E-state index contributed by atoms with van der Waals surface area (Å²) in [5.41, 5.74) is 1.39. The first kappa shape index (κ1) is 16.1. The van der Waals surface area contributed by atoms with Gasteiger partial charge in [0.2, 0.25) is 0 Å². The zero-order valence-electron chi connectivity index (χ0n) is 12.1. The van der Waals surface area contributed by atoms with E-state index in [4.69, 9.17) is 11.6 Å². The van der Waals surface area contributed by atoms with Gasteiger partial charge in [0.1, 0.15) is 10.0 Å². The van der Waals surface area contributed by atoms with Gasteiger partial charge >= 0.3 is 0 Å². The van der Waals surface area contributed by atoms with Gasteiger partial charge in [-0.05, 0) is 36.4 Å². The molecule has 0 aliphatic carbocycles. The lowest BCUT2D eigenvalue weighted by molar-refractivity contribution is -0.384. The van der Waals surface area contributed by atoms with E-state index in [1.165, 1.54) is 23.5 Å². The molecule has 1 heterocycles. The minimum atomic E-state index is -0.623. The smallest absolute Gasteiger partial charge is 0.288 e. The molecule has 0 aliphatic heterocycles. The first-order valence-corrected chi connectivity index (χ1v) is 8.05. The lowest BCUT2D eigenvalue weighted by Crippen LogP contribution is -2.12. The van der Waals surface area contributed by atoms with Gasteiger partial charge in [0.05, 0.1) is 4.92 Å². The summed E-state index contributed by atoms with van der Waals surface area (Å²) in [6, 6.07) is 11.1. The van der Waals surface area contributed by atoms with Crippen LogP contribution < -0.4 is 5.32 Å². The largest absolute Gasteiger partial charge is 0.322 e. The zero-order valence-corrected chi connectivity index (χ0v) is 13.7. The molecule has 24 heavy (non-hydrogen) atoms. The molecule has 0 bridgehead atoms. The minimum absolute atomic E-state index is 0.00986. The van der Waals surface area contributed by atoms with Gasteiger partial charge in [-0.25, -0.2) is 4.98 Å². The number of hydrogen-bond donors (Lipinski definition) is 1. The molecule has 1 amide bonds. The molecule has 1 aromatic heterocycles. The molecule has 6 nitrogen and oxygen atoms in total. The van der Waals surface area contributed by atoms with Crippen molar-refractivity contribution in [2.45, 2.75) is 0 Å². The van der Waals surface area contributed by atoms with Crippen LogP contribution >= 0.6 is 22.9 Å². The highest BCUT2D eigenvalue weighted by Gasteiger charge is 2.16. The van der Waals surface area contributed by atoms with Gasteiger partial charge in [-0.2, -0.15) is 0 Å². The molecule has 0 atom stereocenters. The molecule has 8 heteroatoms. The second-order valence-electron chi connectivity index (χ2n) is 4.79. The molecule has 0 saturated carbocycles. The topological polar surface area (TPSA) is 85.1 Å². The molecule has 2 aromatic carbocycles. The van der Waals surface area contributed by atoms with Crippen LogP contribution in [0.4, 0.5) is 11.4 Å². The van der Waals surface area contributed by atoms with Gasteiger partial charge in [0.15, 0.2) is 0 Å². The summed E-state index contributed by atoms with van der Waals surface area (Å²) in [6.45, 7) is 0. The molecule has 0 aliphatic rings. The molecular formula is C16H10ClN3O3S. The summed E-state index contributed by atoms with van der Waals surface area (Å²) in [5.74, 6) is -0.447. The lowest BCUT2D eigenvalue weighted by Gasteiger charge is -2.06. The van der Waals surface area contributed by atoms with Crippen LogP contribution in [-0.2, 0) is 0 Å². The molecule has 3 aromatic rings. The van der Waals surface area contributed by atoms with Crippen LogP contribution in [0, 0.1) is 10.1 Å². The van der Waals surface area contributed by atoms with Crippen molar-refractivity contribution in [3.63, 3.8) is 0 Å². The molecule has 0 fully saturated rings. The summed E-state index contributed by atoms with van der Waals surface area (Å²) in [6.07, 6.45) is 1.73. The third-order valence-corrected chi connectivity index (χ3v) is 4.37. The number of nitrogens with one attached hydrogen (secondary N) is 1. The highest BCUT2D eigenvalue weighted by Crippen LogP contribution is 2.26. The SMILES string of the molecule is O=C(Nc1ccc(-c2nccs2)cc1)c1ccc(Cl)c([N+](=O)[O-])c1. The van der Waals surface area contributed by atoms with Crippen LogP contribution in [0.2, 0.25) is 5.02 Å². The number of benzene rings is 2. The van der Waals surface area contributed by atoms with Crippen molar-refractivity contribution in [2.75, 3.05) is 5.32 Å². The number of rotatable bonds is 4. The summed E-state index contributed by atoms with van der Waals surface area (Å²) in [5, 5.41) is 16.4. The third-order valence-electron chi connectivity index (χ3n) is 3.23. The normalized spacial score (nSPS) is 10.4. The maximum absolute atomic E-state index is 12.2. The number of carbonyl (C=O) groups is 1. The Kier molecular flexibility index (Phi) is 4.54. The van der Waals surface area contributed by atoms with Crippen LogP contribution in [0.15, 0.2) is 54.0 Å². The van der Waals surface area contributed by atoms with Crippen molar-refractivity contribution in [2.24, 2.45) is 0 Å². The summed E-state index contributed by atoms with van der Waals surface area (Å²) in [4.78, 5) is 26.7. The second kappa shape index (κ2) is 6.77. The van der Waals surface area contributed by atoms with Gasteiger partial charge in [0.25, 0.3) is 11.6 Å². The Morgan fingerprint density at radius 1 is 1.21 bits per heavy atom. The van der Waals surface area contributed by atoms with Crippen molar-refractivity contribution in [1.29, 1.82) is 0 Å². The fraction of sp³-hybridized carbons (Fsp3) is 0. The average molecular weight is 360 g/mol. The number of nitro benzene ring substituents is 1. The Morgan fingerprint density at radius 3 is 2.58 bits per heavy atom. The predicted molar refractivity (Wildman–Crippen MR) is 93.6 cm³/mol. The van der Waals surface area contributed by atoms with E-state index in [1.807, 2.05) is 17.5 Å². The van der Waals surface area contributed by atoms with Crippen LogP contribution in [-0.4, -0.2) is 15.8 Å². The van der Waals surface area contributed by atoms with E-state index < -0.39 is 10.8 Å². The molecule has 120 valence electrons. The van der Waals surface area contributed by atoms with E-state index in [1.54, 1.807) is 18.3 Å². The van der Waals surface area contributed by atoms with Gasteiger partial charge in [0, 0.05) is 34.5 Å². The number of aromatic nitrogens is 1. The van der Waals surface area contributed by atoms with Crippen LogP contribution in [0.1, 0.15) is 10.4 Å². The van der Waals surface area contributed by atoms with Crippen molar-refractivity contribution in [1.82, 2.24) is 4.98 Å². The van der Waals surface area contributed by atoms with Gasteiger partial charge < -0.3 is 5.32 Å². The fourth-order valence-corrected chi connectivity index (χ4v) is 2.89. The number of halogens is 1. The van der Waals surface area contributed by atoms with E-state index in [0.29, 0.717) is 5.69 Å². The maximum atomic E-state index is 12.2. The molecule has 0 unspecified atom stereocenters. The van der Waals surface area contributed by atoms with Crippen molar-refractivity contribution in [3.8, 4) is 10.6 Å². The summed E-state index contributed by atoms with van der Waals surface area (Å²) in [7, 11) is 0. The molecule has 0 spiro atoms. The Bertz CT molecular complexity index is 895. The number of anilines is 1. The minimum Gasteiger partial charge on any atom is -0.322 e. The summed E-state index contributed by atoms with van der Waals surface area (Å²) < 4.78 is 0. The Hall–Kier alpha value is -2.77. The van der Waals surface area contributed by atoms with Crippen LogP contribution in [0.25, 0.3) is 10.6 Å². The highest BCUT2D eigenvalue weighted by atomic mass is 35.5. The molecule has 1 N–H and O–H groups in total.